The summed E-state index contributed by atoms with van der Waals surface area (Å²) in [7, 11) is 0. The first-order valence-electron chi connectivity index (χ1n) is 26.7. The van der Waals surface area contributed by atoms with Crippen LogP contribution in [0.15, 0.2) is 0 Å². The molecule has 3 unspecified atom stereocenters. The van der Waals surface area contributed by atoms with Crippen LogP contribution in [0.3, 0.4) is 0 Å². The summed E-state index contributed by atoms with van der Waals surface area (Å²) in [6, 6.07) is 0. The lowest BCUT2D eigenvalue weighted by Gasteiger charge is -2.18. The van der Waals surface area contributed by atoms with E-state index in [1.54, 1.807) is 0 Å². The molecule has 0 fully saturated rings. The molecule has 0 saturated heterocycles. The number of esters is 3. The van der Waals surface area contributed by atoms with Crippen LogP contribution in [0, 0.1) is 17.8 Å². The van der Waals surface area contributed by atoms with Gasteiger partial charge in [-0.3, -0.25) is 14.4 Å². The van der Waals surface area contributed by atoms with Gasteiger partial charge in [0.05, 0.1) is 0 Å². The van der Waals surface area contributed by atoms with Crippen LogP contribution in [0.4, 0.5) is 0 Å². The van der Waals surface area contributed by atoms with Crippen LogP contribution in [-0.2, 0) is 28.6 Å². The maximum Gasteiger partial charge on any atom is 0.306 e. The molecule has 0 aliphatic carbocycles. The summed E-state index contributed by atoms with van der Waals surface area (Å²) >= 11 is 0. The molecule has 0 aromatic rings. The van der Waals surface area contributed by atoms with Crippen molar-refractivity contribution in [3.8, 4) is 0 Å². The number of hydrogen-bond donors (Lipinski definition) is 0. The zero-order valence-electron chi connectivity index (χ0n) is 41.3. The van der Waals surface area contributed by atoms with Crippen molar-refractivity contribution in [1.29, 1.82) is 0 Å². The topological polar surface area (TPSA) is 78.9 Å². The van der Waals surface area contributed by atoms with E-state index in [1.165, 1.54) is 173 Å². The third-order valence-electron chi connectivity index (χ3n) is 13.2. The molecule has 0 spiro atoms. The predicted octanol–water partition coefficient (Wildman–Crippen LogP) is 17.2. The second kappa shape index (κ2) is 45.4. The van der Waals surface area contributed by atoms with Crippen molar-refractivity contribution >= 4 is 17.9 Å². The van der Waals surface area contributed by atoms with Crippen molar-refractivity contribution in [3.05, 3.63) is 0 Å². The SMILES string of the molecule is CCC(C)CCCCCCCCCCCCCCCCC(=O)O[C@@H](COC(=O)CCCCCCCCCCCCC(C)CC)COC(=O)CCCCCCCCC(C)CC. The van der Waals surface area contributed by atoms with E-state index in [-0.39, 0.29) is 31.1 Å². The van der Waals surface area contributed by atoms with Gasteiger partial charge in [0.15, 0.2) is 6.10 Å². The molecule has 0 aliphatic rings. The monoisotopic (exact) mass is 849 g/mol. The minimum absolute atomic E-state index is 0.0652. The second-order valence-corrected chi connectivity index (χ2v) is 19.2. The average Bonchev–Trinajstić information content (AvgIpc) is 3.25. The third kappa shape index (κ3) is 43.1. The zero-order valence-corrected chi connectivity index (χ0v) is 41.3. The van der Waals surface area contributed by atoms with Crippen molar-refractivity contribution in [2.75, 3.05) is 13.2 Å². The van der Waals surface area contributed by atoms with E-state index in [4.69, 9.17) is 14.2 Å². The number of carbonyl (C=O) groups is 3. The van der Waals surface area contributed by atoms with Gasteiger partial charge in [-0.25, -0.2) is 0 Å². The van der Waals surface area contributed by atoms with Gasteiger partial charge in [0.1, 0.15) is 13.2 Å². The number of unbranched alkanes of at least 4 members (excludes halogenated alkanes) is 27. The van der Waals surface area contributed by atoms with Gasteiger partial charge >= 0.3 is 17.9 Å². The summed E-state index contributed by atoms with van der Waals surface area (Å²) in [5.74, 6) is 1.72. The summed E-state index contributed by atoms with van der Waals surface area (Å²) in [6.45, 7) is 13.8. The Bertz CT molecular complexity index is 935. The number of rotatable bonds is 47. The minimum Gasteiger partial charge on any atom is -0.462 e. The highest BCUT2D eigenvalue weighted by molar-refractivity contribution is 5.71. The smallest absolute Gasteiger partial charge is 0.306 e. The standard InChI is InChI=1S/C54H104O6/c1-7-48(4)40-34-28-22-18-14-12-10-11-13-15-21-25-33-39-45-54(57)60-51(47-59-53(56)44-38-32-27-26-30-36-42-50(6)9-3)46-58-52(55)43-37-31-24-20-17-16-19-23-29-35-41-49(5)8-2/h48-51H,7-47H2,1-6H3/t48?,49?,50?,51-/m0/s1. The van der Waals surface area contributed by atoms with E-state index >= 15 is 0 Å². The Kier molecular flexibility index (Phi) is 44.2. The van der Waals surface area contributed by atoms with E-state index < -0.39 is 6.10 Å². The number of hydrogen-bond acceptors (Lipinski definition) is 6. The minimum atomic E-state index is -0.763. The molecule has 0 aromatic carbocycles. The van der Waals surface area contributed by atoms with E-state index in [9.17, 15) is 14.4 Å². The quantitative estimate of drug-likeness (QED) is 0.0345. The molecule has 4 atom stereocenters. The average molecular weight is 849 g/mol. The van der Waals surface area contributed by atoms with E-state index in [1.807, 2.05) is 0 Å². The van der Waals surface area contributed by atoms with Crippen molar-refractivity contribution in [2.45, 2.75) is 298 Å². The predicted molar refractivity (Wildman–Crippen MR) is 256 cm³/mol. The van der Waals surface area contributed by atoms with Crippen molar-refractivity contribution in [3.63, 3.8) is 0 Å². The number of ether oxygens (including phenoxy) is 3. The molecule has 6 heteroatoms. The summed E-state index contributed by atoms with van der Waals surface area (Å²) in [5.41, 5.74) is 0. The molecule has 0 bridgehead atoms. The lowest BCUT2D eigenvalue weighted by atomic mass is 9.99. The fraction of sp³-hybridized carbons (Fsp3) is 0.944. The maximum atomic E-state index is 12.8. The first-order chi connectivity index (χ1) is 29.2. The highest BCUT2D eigenvalue weighted by Gasteiger charge is 2.19. The highest BCUT2D eigenvalue weighted by Crippen LogP contribution is 2.19. The van der Waals surface area contributed by atoms with Gasteiger partial charge in [0, 0.05) is 19.3 Å². The molecule has 0 saturated carbocycles. The van der Waals surface area contributed by atoms with Crippen molar-refractivity contribution < 1.29 is 28.6 Å². The Morgan fingerprint density at radius 1 is 0.317 bits per heavy atom. The Morgan fingerprint density at radius 2 is 0.533 bits per heavy atom. The van der Waals surface area contributed by atoms with Crippen LogP contribution in [-0.4, -0.2) is 37.2 Å². The summed E-state index contributed by atoms with van der Waals surface area (Å²) in [4.78, 5) is 38.0. The van der Waals surface area contributed by atoms with E-state index in [0.717, 1.165) is 75.5 Å². The van der Waals surface area contributed by atoms with E-state index in [2.05, 4.69) is 41.5 Å². The molecule has 6 nitrogen and oxygen atoms in total. The van der Waals surface area contributed by atoms with Crippen LogP contribution in [0.1, 0.15) is 292 Å². The highest BCUT2D eigenvalue weighted by atomic mass is 16.6. The molecular formula is C54H104O6. The van der Waals surface area contributed by atoms with Gasteiger partial charge < -0.3 is 14.2 Å². The van der Waals surface area contributed by atoms with Gasteiger partial charge in [-0.1, -0.05) is 253 Å². The Morgan fingerprint density at radius 3 is 0.783 bits per heavy atom. The lowest BCUT2D eigenvalue weighted by molar-refractivity contribution is -0.167. The molecule has 356 valence electrons. The maximum absolute atomic E-state index is 12.8. The summed E-state index contributed by atoms with van der Waals surface area (Å²) < 4.78 is 16.8. The zero-order chi connectivity index (χ0) is 44.2. The third-order valence-corrected chi connectivity index (χ3v) is 13.2. The molecule has 0 heterocycles. The van der Waals surface area contributed by atoms with Crippen LogP contribution < -0.4 is 0 Å². The fourth-order valence-corrected chi connectivity index (χ4v) is 8.02. The van der Waals surface area contributed by atoms with Crippen LogP contribution in [0.25, 0.3) is 0 Å². The lowest BCUT2D eigenvalue weighted by Crippen LogP contribution is -2.30. The van der Waals surface area contributed by atoms with Crippen molar-refractivity contribution in [1.82, 2.24) is 0 Å². The Labute approximate surface area is 374 Å². The van der Waals surface area contributed by atoms with Crippen molar-refractivity contribution in [2.24, 2.45) is 17.8 Å². The fourth-order valence-electron chi connectivity index (χ4n) is 8.02. The van der Waals surface area contributed by atoms with Crippen LogP contribution in [0.5, 0.6) is 0 Å². The van der Waals surface area contributed by atoms with Gasteiger partial charge in [0.2, 0.25) is 0 Å². The molecular weight excluding hydrogens is 745 g/mol. The second-order valence-electron chi connectivity index (χ2n) is 19.2. The molecule has 0 N–H and O–H groups in total. The summed E-state index contributed by atoms with van der Waals surface area (Å²) in [6.07, 6.45) is 45.1. The van der Waals surface area contributed by atoms with Gasteiger partial charge in [-0.15, -0.1) is 0 Å². The first kappa shape index (κ1) is 58.4. The molecule has 60 heavy (non-hydrogen) atoms. The molecule has 0 aliphatic heterocycles. The molecule has 0 aromatic heterocycles. The molecule has 0 radical (unpaired) electrons. The van der Waals surface area contributed by atoms with Gasteiger partial charge in [0.25, 0.3) is 0 Å². The number of carbonyl (C=O) groups excluding carboxylic acids is 3. The first-order valence-corrected chi connectivity index (χ1v) is 26.7. The van der Waals surface area contributed by atoms with Gasteiger partial charge in [-0.2, -0.15) is 0 Å². The summed E-state index contributed by atoms with van der Waals surface area (Å²) in [5, 5.41) is 0. The Hall–Kier alpha value is -1.59. The molecule has 0 rings (SSSR count). The van der Waals surface area contributed by atoms with E-state index in [0.29, 0.717) is 19.3 Å². The Balaban J connectivity index is 4.30. The van der Waals surface area contributed by atoms with Gasteiger partial charge in [-0.05, 0) is 37.0 Å². The van der Waals surface area contributed by atoms with Crippen LogP contribution in [0.2, 0.25) is 0 Å². The van der Waals surface area contributed by atoms with Crippen LogP contribution >= 0.6 is 0 Å². The molecule has 0 amide bonds. The normalized spacial score (nSPS) is 13.5. The largest absolute Gasteiger partial charge is 0.462 e.